The summed E-state index contributed by atoms with van der Waals surface area (Å²) in [4.78, 5) is 13.8. The van der Waals surface area contributed by atoms with Gasteiger partial charge in [-0.3, -0.25) is 9.48 Å². The van der Waals surface area contributed by atoms with Gasteiger partial charge in [-0.2, -0.15) is 5.10 Å². The van der Waals surface area contributed by atoms with Crippen LogP contribution in [0, 0.1) is 0 Å². The number of nitrogens with two attached hydrogens (primary N) is 1. The first-order valence-corrected chi connectivity index (χ1v) is 5.29. The number of hydrogen-bond donors (Lipinski definition) is 1. The second-order valence-corrected chi connectivity index (χ2v) is 3.61. The maximum Gasteiger partial charge on any atom is 0.259 e. The Bertz CT molecular complexity index is 383. The molecule has 16 heavy (non-hydrogen) atoms. The largest absolute Gasteiger partial charge is 0.383 e. The van der Waals surface area contributed by atoms with Crippen molar-refractivity contribution in [2.45, 2.75) is 13.3 Å². The summed E-state index contributed by atoms with van der Waals surface area (Å²) in [5.41, 5.74) is 6.22. The molecule has 5 heteroatoms. The molecule has 1 amide bonds. The van der Waals surface area contributed by atoms with Crippen LogP contribution in [0.2, 0.25) is 0 Å². The van der Waals surface area contributed by atoms with Crippen LogP contribution in [0.15, 0.2) is 18.9 Å². The number of carbonyl (C=O) groups is 1. The number of nitrogen functional groups attached to an aromatic ring is 1. The van der Waals surface area contributed by atoms with Gasteiger partial charge in [-0.15, -0.1) is 6.58 Å². The number of rotatable bonds is 5. The number of aromatic nitrogens is 2. The molecule has 88 valence electrons. The predicted octanol–water partition coefficient (Wildman–Crippen LogP) is 1.04. The number of carbonyl (C=O) groups excluding carboxylic acids is 1. The van der Waals surface area contributed by atoms with Gasteiger partial charge in [0.25, 0.3) is 5.91 Å². The molecule has 5 nitrogen and oxygen atoms in total. The SMILES string of the molecule is C=CCN(CCC)C(=O)c1cnn(C)c1N. The molecule has 1 aromatic heterocycles. The van der Waals surface area contributed by atoms with E-state index in [1.54, 1.807) is 18.0 Å². The van der Waals surface area contributed by atoms with Crippen LogP contribution in [0.3, 0.4) is 0 Å². The first-order chi connectivity index (χ1) is 7.61. The lowest BCUT2D eigenvalue weighted by molar-refractivity contribution is 0.0775. The third kappa shape index (κ3) is 2.42. The van der Waals surface area contributed by atoms with E-state index >= 15 is 0 Å². The highest BCUT2D eigenvalue weighted by Crippen LogP contribution is 2.12. The second kappa shape index (κ2) is 5.34. The summed E-state index contributed by atoms with van der Waals surface area (Å²) >= 11 is 0. The Labute approximate surface area is 95.5 Å². The van der Waals surface area contributed by atoms with Crippen LogP contribution >= 0.6 is 0 Å². The quantitative estimate of drug-likeness (QED) is 0.757. The van der Waals surface area contributed by atoms with Gasteiger partial charge in [-0.25, -0.2) is 0 Å². The lowest BCUT2D eigenvalue weighted by Crippen LogP contribution is -2.32. The number of anilines is 1. The second-order valence-electron chi connectivity index (χ2n) is 3.61. The van der Waals surface area contributed by atoms with Crippen molar-refractivity contribution in [2.24, 2.45) is 7.05 Å². The fraction of sp³-hybridized carbons (Fsp3) is 0.455. The highest BCUT2D eigenvalue weighted by Gasteiger charge is 2.18. The highest BCUT2D eigenvalue weighted by molar-refractivity contribution is 5.98. The molecule has 1 aromatic rings. The van der Waals surface area contributed by atoms with Crippen LogP contribution < -0.4 is 5.73 Å². The lowest BCUT2D eigenvalue weighted by atomic mass is 10.2. The molecule has 0 fully saturated rings. The van der Waals surface area contributed by atoms with Gasteiger partial charge in [0.1, 0.15) is 11.4 Å². The fourth-order valence-corrected chi connectivity index (χ4v) is 1.48. The molecule has 0 radical (unpaired) electrons. The maximum atomic E-state index is 12.1. The number of amides is 1. The van der Waals surface area contributed by atoms with E-state index < -0.39 is 0 Å². The number of hydrogen-bond acceptors (Lipinski definition) is 3. The van der Waals surface area contributed by atoms with E-state index in [0.717, 1.165) is 6.42 Å². The number of nitrogens with zero attached hydrogens (tertiary/aromatic N) is 3. The fourth-order valence-electron chi connectivity index (χ4n) is 1.48. The van der Waals surface area contributed by atoms with Crippen molar-refractivity contribution in [3.8, 4) is 0 Å². The summed E-state index contributed by atoms with van der Waals surface area (Å²) in [5.74, 6) is 0.308. The van der Waals surface area contributed by atoms with Crippen LogP contribution in [0.25, 0.3) is 0 Å². The predicted molar refractivity (Wildman–Crippen MR) is 64.0 cm³/mol. The highest BCUT2D eigenvalue weighted by atomic mass is 16.2. The van der Waals surface area contributed by atoms with Crippen molar-refractivity contribution in [3.63, 3.8) is 0 Å². The van der Waals surface area contributed by atoms with Crippen molar-refractivity contribution in [2.75, 3.05) is 18.8 Å². The molecule has 0 saturated carbocycles. The minimum absolute atomic E-state index is 0.0904. The van der Waals surface area contributed by atoms with E-state index in [1.165, 1.54) is 10.9 Å². The molecule has 0 aliphatic rings. The molecule has 0 aliphatic carbocycles. The van der Waals surface area contributed by atoms with Gasteiger partial charge in [0.15, 0.2) is 0 Å². The van der Waals surface area contributed by atoms with Crippen LogP contribution in [-0.2, 0) is 7.05 Å². The molecule has 0 aromatic carbocycles. The van der Waals surface area contributed by atoms with Crippen molar-refractivity contribution < 1.29 is 4.79 Å². The minimum Gasteiger partial charge on any atom is -0.383 e. The van der Waals surface area contributed by atoms with Gasteiger partial charge in [-0.1, -0.05) is 13.0 Å². The maximum absolute atomic E-state index is 12.1. The van der Waals surface area contributed by atoms with E-state index in [1.807, 2.05) is 6.92 Å². The van der Waals surface area contributed by atoms with Crippen LogP contribution in [0.5, 0.6) is 0 Å². The summed E-state index contributed by atoms with van der Waals surface area (Å²) in [5, 5.41) is 3.96. The molecule has 0 bridgehead atoms. The summed E-state index contributed by atoms with van der Waals surface area (Å²) in [7, 11) is 1.71. The van der Waals surface area contributed by atoms with Crippen LogP contribution in [0.1, 0.15) is 23.7 Å². The standard InChI is InChI=1S/C11H18N4O/c1-4-6-15(7-5-2)11(16)9-8-13-14(3)10(9)12/h4,8H,1,5-7,12H2,2-3H3. The normalized spacial score (nSPS) is 10.1. The Kier molecular flexibility index (Phi) is 4.10. The van der Waals surface area contributed by atoms with Gasteiger partial charge in [0.05, 0.1) is 6.20 Å². The van der Waals surface area contributed by atoms with E-state index in [-0.39, 0.29) is 5.91 Å². The summed E-state index contributed by atoms with van der Waals surface area (Å²) in [6.45, 7) is 6.89. The zero-order valence-electron chi connectivity index (χ0n) is 9.81. The van der Waals surface area contributed by atoms with Crippen molar-refractivity contribution in [3.05, 3.63) is 24.4 Å². The Morgan fingerprint density at radius 1 is 1.75 bits per heavy atom. The van der Waals surface area contributed by atoms with Gasteiger partial charge in [0, 0.05) is 20.1 Å². The zero-order valence-corrected chi connectivity index (χ0v) is 9.81. The van der Waals surface area contributed by atoms with Gasteiger partial charge in [-0.05, 0) is 6.42 Å². The summed E-state index contributed by atoms with van der Waals surface area (Å²) in [6, 6.07) is 0. The Morgan fingerprint density at radius 2 is 2.44 bits per heavy atom. The summed E-state index contributed by atoms with van der Waals surface area (Å²) in [6.07, 6.45) is 4.11. The average Bonchev–Trinajstić information content (AvgIpc) is 2.59. The molecule has 2 N–H and O–H groups in total. The van der Waals surface area contributed by atoms with Crippen LogP contribution in [-0.4, -0.2) is 33.7 Å². The Balaban J connectivity index is 2.89. The third-order valence-electron chi connectivity index (χ3n) is 2.35. The number of aryl methyl sites for hydroxylation is 1. The molecule has 1 rings (SSSR count). The zero-order chi connectivity index (χ0) is 12.1. The average molecular weight is 222 g/mol. The molecule has 0 spiro atoms. The van der Waals surface area contributed by atoms with E-state index in [9.17, 15) is 4.79 Å². The lowest BCUT2D eigenvalue weighted by Gasteiger charge is -2.19. The molecule has 0 unspecified atom stereocenters. The van der Waals surface area contributed by atoms with Crippen molar-refractivity contribution in [1.82, 2.24) is 14.7 Å². The molecule has 0 atom stereocenters. The first-order valence-electron chi connectivity index (χ1n) is 5.29. The smallest absolute Gasteiger partial charge is 0.259 e. The van der Waals surface area contributed by atoms with Gasteiger partial charge in [0.2, 0.25) is 0 Å². The van der Waals surface area contributed by atoms with E-state index in [0.29, 0.717) is 24.5 Å². The van der Waals surface area contributed by atoms with Crippen molar-refractivity contribution in [1.29, 1.82) is 0 Å². The Morgan fingerprint density at radius 3 is 2.88 bits per heavy atom. The topological polar surface area (TPSA) is 64.2 Å². The van der Waals surface area contributed by atoms with Gasteiger partial charge < -0.3 is 10.6 Å². The molecule has 1 heterocycles. The first kappa shape index (κ1) is 12.3. The van der Waals surface area contributed by atoms with E-state index in [4.69, 9.17) is 5.73 Å². The summed E-state index contributed by atoms with van der Waals surface area (Å²) < 4.78 is 1.49. The van der Waals surface area contributed by atoms with Gasteiger partial charge >= 0.3 is 0 Å². The van der Waals surface area contributed by atoms with E-state index in [2.05, 4.69) is 11.7 Å². The van der Waals surface area contributed by atoms with Crippen molar-refractivity contribution >= 4 is 11.7 Å². The molecule has 0 aliphatic heterocycles. The molecule has 0 saturated heterocycles. The molecular formula is C11H18N4O. The molecular weight excluding hydrogens is 204 g/mol. The monoisotopic (exact) mass is 222 g/mol. The Hall–Kier alpha value is -1.78. The third-order valence-corrected chi connectivity index (χ3v) is 2.35. The van der Waals surface area contributed by atoms with Crippen LogP contribution in [0.4, 0.5) is 5.82 Å². The minimum atomic E-state index is -0.0904.